The molecule has 1 aromatic rings. The Bertz CT molecular complexity index is 341. The summed E-state index contributed by atoms with van der Waals surface area (Å²) in [4.78, 5) is 0. The van der Waals surface area contributed by atoms with E-state index >= 15 is 0 Å². The van der Waals surface area contributed by atoms with Crippen molar-refractivity contribution in [2.45, 2.75) is 25.3 Å². The summed E-state index contributed by atoms with van der Waals surface area (Å²) in [6.45, 7) is 0. The number of benzene rings is 1. The molecule has 0 aromatic heterocycles. The van der Waals surface area contributed by atoms with Crippen LogP contribution in [0.25, 0.3) is 0 Å². The molecule has 0 heterocycles. The predicted octanol–water partition coefficient (Wildman–Crippen LogP) is 3.38. The second kappa shape index (κ2) is 5.19. The fraction of sp³-hybridized carbons (Fsp3) is 0.455. The fourth-order valence-electron chi connectivity index (χ4n) is 1.66. The second-order valence-corrected chi connectivity index (χ2v) is 4.90. The average molecular weight is 293 g/mol. The van der Waals surface area contributed by atoms with Crippen molar-refractivity contribution >= 4 is 28.3 Å². The van der Waals surface area contributed by atoms with Gasteiger partial charge in [0.15, 0.2) is 0 Å². The van der Waals surface area contributed by atoms with Crippen molar-refractivity contribution in [3.63, 3.8) is 0 Å². The first kappa shape index (κ1) is 12.8. The molecule has 0 saturated heterocycles. The summed E-state index contributed by atoms with van der Waals surface area (Å²) in [6.07, 6.45) is 3.58. The van der Waals surface area contributed by atoms with Crippen molar-refractivity contribution in [1.29, 1.82) is 0 Å². The number of hydrogen-bond donors (Lipinski definition) is 2. The van der Waals surface area contributed by atoms with Crippen LogP contribution in [0.1, 0.15) is 30.9 Å². The number of rotatable bonds is 3. The zero-order valence-electron chi connectivity index (χ0n) is 8.32. The first-order valence-electron chi connectivity index (χ1n) is 4.91. The molecule has 3 N–H and O–H groups in total. The van der Waals surface area contributed by atoms with Crippen LogP contribution in [0, 0.1) is 5.92 Å². The van der Waals surface area contributed by atoms with E-state index < -0.39 is 0 Å². The van der Waals surface area contributed by atoms with Gasteiger partial charge in [-0.05, 0) is 30.5 Å². The number of phenols is 1. The molecule has 15 heavy (non-hydrogen) atoms. The lowest BCUT2D eigenvalue weighted by Gasteiger charge is -2.13. The SMILES string of the molecule is Cl.N[C@@H](CC1CC1)c1cc(Br)ccc1O. The van der Waals surface area contributed by atoms with Crippen LogP contribution in [-0.4, -0.2) is 5.11 Å². The summed E-state index contributed by atoms with van der Waals surface area (Å²) in [5, 5.41) is 9.64. The van der Waals surface area contributed by atoms with Crippen molar-refractivity contribution in [2.24, 2.45) is 11.7 Å². The van der Waals surface area contributed by atoms with Crippen LogP contribution < -0.4 is 5.73 Å². The van der Waals surface area contributed by atoms with Gasteiger partial charge in [0.05, 0.1) is 0 Å². The van der Waals surface area contributed by atoms with Gasteiger partial charge in [0.25, 0.3) is 0 Å². The Hall–Kier alpha value is -0.250. The number of phenolic OH excluding ortho intramolecular Hbond substituents is 1. The molecule has 0 amide bonds. The number of aromatic hydroxyl groups is 1. The maximum Gasteiger partial charge on any atom is 0.120 e. The van der Waals surface area contributed by atoms with Gasteiger partial charge in [-0.2, -0.15) is 0 Å². The lowest BCUT2D eigenvalue weighted by atomic mass is 10.0. The third-order valence-corrected chi connectivity index (χ3v) is 3.17. The van der Waals surface area contributed by atoms with Crippen LogP contribution in [0.15, 0.2) is 22.7 Å². The molecule has 0 spiro atoms. The van der Waals surface area contributed by atoms with Crippen molar-refractivity contribution in [3.05, 3.63) is 28.2 Å². The molecule has 0 bridgehead atoms. The highest BCUT2D eigenvalue weighted by Crippen LogP contribution is 2.38. The van der Waals surface area contributed by atoms with Crippen LogP contribution in [-0.2, 0) is 0 Å². The van der Waals surface area contributed by atoms with Gasteiger partial charge in [0, 0.05) is 16.1 Å². The highest BCUT2D eigenvalue weighted by atomic mass is 79.9. The largest absolute Gasteiger partial charge is 0.508 e. The van der Waals surface area contributed by atoms with E-state index in [9.17, 15) is 5.11 Å². The molecular weight excluding hydrogens is 277 g/mol. The molecule has 1 aliphatic rings. The van der Waals surface area contributed by atoms with Gasteiger partial charge in [-0.25, -0.2) is 0 Å². The summed E-state index contributed by atoms with van der Waals surface area (Å²) >= 11 is 3.38. The van der Waals surface area contributed by atoms with E-state index in [2.05, 4.69) is 15.9 Å². The standard InChI is InChI=1S/C11H14BrNO.ClH/c12-8-3-4-11(14)9(6-8)10(13)5-7-1-2-7;/h3-4,6-7,10,14H,1-2,5,13H2;1H/t10-;/m0./s1. The lowest BCUT2D eigenvalue weighted by Crippen LogP contribution is -2.11. The Morgan fingerprint density at radius 3 is 2.73 bits per heavy atom. The minimum Gasteiger partial charge on any atom is -0.508 e. The van der Waals surface area contributed by atoms with Crippen LogP contribution in [0.2, 0.25) is 0 Å². The molecular formula is C11H15BrClNO. The molecule has 0 radical (unpaired) electrons. The van der Waals surface area contributed by atoms with Crippen LogP contribution in [0.5, 0.6) is 5.75 Å². The second-order valence-electron chi connectivity index (χ2n) is 3.99. The Morgan fingerprint density at radius 1 is 1.47 bits per heavy atom. The fourth-order valence-corrected chi connectivity index (χ4v) is 2.04. The number of nitrogens with two attached hydrogens (primary N) is 1. The smallest absolute Gasteiger partial charge is 0.120 e. The van der Waals surface area contributed by atoms with Crippen LogP contribution in [0.3, 0.4) is 0 Å². The Labute approximate surface area is 104 Å². The van der Waals surface area contributed by atoms with E-state index in [1.807, 2.05) is 12.1 Å². The molecule has 0 aliphatic heterocycles. The minimum atomic E-state index is -0.0278. The summed E-state index contributed by atoms with van der Waals surface area (Å²) in [7, 11) is 0. The third-order valence-electron chi connectivity index (χ3n) is 2.67. The first-order chi connectivity index (χ1) is 6.66. The number of halogens is 2. The lowest BCUT2D eigenvalue weighted by molar-refractivity contribution is 0.455. The van der Waals surface area contributed by atoms with Gasteiger partial charge >= 0.3 is 0 Å². The van der Waals surface area contributed by atoms with Crippen molar-refractivity contribution in [2.75, 3.05) is 0 Å². The Balaban J connectivity index is 0.00000112. The summed E-state index contributed by atoms with van der Waals surface area (Å²) in [5.74, 6) is 1.09. The quantitative estimate of drug-likeness (QED) is 0.897. The van der Waals surface area contributed by atoms with Gasteiger partial charge in [-0.15, -0.1) is 12.4 Å². The maximum atomic E-state index is 9.64. The van der Waals surface area contributed by atoms with Gasteiger partial charge < -0.3 is 10.8 Å². The zero-order valence-corrected chi connectivity index (χ0v) is 10.7. The molecule has 1 saturated carbocycles. The number of hydrogen-bond acceptors (Lipinski definition) is 2. The van der Waals surface area contributed by atoms with Crippen LogP contribution in [0.4, 0.5) is 0 Å². The van der Waals surface area contributed by atoms with E-state index in [4.69, 9.17) is 5.73 Å². The van der Waals surface area contributed by atoms with E-state index in [1.165, 1.54) is 12.8 Å². The molecule has 84 valence electrons. The normalized spacial score (nSPS) is 16.9. The summed E-state index contributed by atoms with van der Waals surface area (Å²) in [5.41, 5.74) is 6.88. The van der Waals surface area contributed by atoms with E-state index in [0.717, 1.165) is 22.4 Å². The summed E-state index contributed by atoms with van der Waals surface area (Å²) < 4.78 is 0.969. The van der Waals surface area contributed by atoms with E-state index in [-0.39, 0.29) is 18.4 Å². The predicted molar refractivity (Wildman–Crippen MR) is 67.3 cm³/mol. The third kappa shape index (κ3) is 3.37. The molecule has 1 atom stereocenters. The Morgan fingerprint density at radius 2 is 2.13 bits per heavy atom. The molecule has 2 rings (SSSR count). The molecule has 1 fully saturated rings. The van der Waals surface area contributed by atoms with Gasteiger partial charge in [-0.1, -0.05) is 28.8 Å². The van der Waals surface area contributed by atoms with Crippen molar-refractivity contribution in [1.82, 2.24) is 0 Å². The summed E-state index contributed by atoms with van der Waals surface area (Å²) in [6, 6.07) is 5.39. The minimum absolute atomic E-state index is 0. The van der Waals surface area contributed by atoms with Crippen LogP contribution >= 0.6 is 28.3 Å². The molecule has 1 aromatic carbocycles. The highest BCUT2D eigenvalue weighted by Gasteiger charge is 2.25. The van der Waals surface area contributed by atoms with Gasteiger partial charge in [0.2, 0.25) is 0 Å². The zero-order chi connectivity index (χ0) is 10.1. The molecule has 4 heteroatoms. The van der Waals surface area contributed by atoms with Crippen molar-refractivity contribution < 1.29 is 5.11 Å². The van der Waals surface area contributed by atoms with E-state index in [1.54, 1.807) is 6.07 Å². The maximum absolute atomic E-state index is 9.64. The van der Waals surface area contributed by atoms with E-state index in [0.29, 0.717) is 5.75 Å². The van der Waals surface area contributed by atoms with Gasteiger partial charge in [0.1, 0.15) is 5.75 Å². The Kier molecular flexibility index (Phi) is 4.44. The molecule has 2 nitrogen and oxygen atoms in total. The first-order valence-corrected chi connectivity index (χ1v) is 5.70. The van der Waals surface area contributed by atoms with Gasteiger partial charge in [-0.3, -0.25) is 0 Å². The highest BCUT2D eigenvalue weighted by molar-refractivity contribution is 9.10. The molecule has 1 aliphatic carbocycles. The topological polar surface area (TPSA) is 46.2 Å². The average Bonchev–Trinajstić information content (AvgIpc) is 2.93. The van der Waals surface area contributed by atoms with Crippen molar-refractivity contribution in [3.8, 4) is 5.75 Å². The molecule has 0 unspecified atom stereocenters. The monoisotopic (exact) mass is 291 g/mol.